The average Bonchev–Trinajstić information content (AvgIpc) is 3.29. The molecular formula is C18H13BrN2O3. The second-order valence-corrected chi connectivity index (χ2v) is 7.47. The maximum atomic E-state index is 10.9. The van der Waals surface area contributed by atoms with E-state index in [2.05, 4.69) is 22.0 Å². The van der Waals surface area contributed by atoms with Crippen LogP contribution < -0.4 is 0 Å². The Labute approximate surface area is 146 Å². The van der Waals surface area contributed by atoms with E-state index in [9.17, 15) is 10.1 Å². The van der Waals surface area contributed by atoms with E-state index >= 15 is 0 Å². The molecule has 1 fully saturated rings. The fourth-order valence-corrected chi connectivity index (χ4v) is 4.74. The molecule has 0 spiro atoms. The number of furan rings is 1. The summed E-state index contributed by atoms with van der Waals surface area (Å²) in [5, 5.41) is 12.1. The molecule has 0 aliphatic heterocycles. The summed E-state index contributed by atoms with van der Waals surface area (Å²) in [5.41, 5.74) is 4.30. The standard InChI is InChI=1S/C18H13BrN2O3/c19-11-3-4-13-12(8-11)16-9-1-2-10(7-9)17(16)18(20-13)14-5-6-15(24-14)21(22)23/h3-6,8-10H,1-2,7H2. The number of hydrogen-bond donors (Lipinski definition) is 0. The van der Waals surface area contributed by atoms with Gasteiger partial charge in [0, 0.05) is 9.86 Å². The van der Waals surface area contributed by atoms with Crippen LogP contribution in [0.4, 0.5) is 5.88 Å². The van der Waals surface area contributed by atoms with Crippen molar-refractivity contribution >= 4 is 32.7 Å². The van der Waals surface area contributed by atoms with Gasteiger partial charge in [-0.3, -0.25) is 10.1 Å². The van der Waals surface area contributed by atoms with Gasteiger partial charge >= 0.3 is 5.88 Å². The van der Waals surface area contributed by atoms with E-state index in [-0.39, 0.29) is 5.88 Å². The minimum Gasteiger partial charge on any atom is -0.399 e. The number of nitrogens with zero attached hydrogens (tertiary/aromatic N) is 2. The Morgan fingerprint density at radius 3 is 2.71 bits per heavy atom. The molecule has 24 heavy (non-hydrogen) atoms. The molecule has 1 saturated carbocycles. The highest BCUT2D eigenvalue weighted by Gasteiger charge is 2.41. The van der Waals surface area contributed by atoms with Crippen molar-refractivity contribution < 1.29 is 9.34 Å². The zero-order valence-corrected chi connectivity index (χ0v) is 14.2. The first-order valence-electron chi connectivity index (χ1n) is 7.99. The number of hydrogen-bond acceptors (Lipinski definition) is 4. The minimum absolute atomic E-state index is 0.236. The summed E-state index contributed by atoms with van der Waals surface area (Å²) in [6.07, 6.45) is 3.52. The Kier molecular flexibility index (Phi) is 2.89. The molecule has 2 aliphatic rings. The fraction of sp³-hybridized carbons (Fsp3) is 0.278. The maximum absolute atomic E-state index is 10.9. The average molecular weight is 385 g/mol. The topological polar surface area (TPSA) is 69.2 Å². The van der Waals surface area contributed by atoms with Gasteiger partial charge in [0.2, 0.25) is 0 Å². The molecule has 5 nitrogen and oxygen atoms in total. The van der Waals surface area contributed by atoms with Gasteiger partial charge in [-0.25, -0.2) is 4.98 Å². The van der Waals surface area contributed by atoms with Gasteiger partial charge in [0.15, 0.2) is 5.76 Å². The largest absolute Gasteiger partial charge is 0.433 e. The summed E-state index contributed by atoms with van der Waals surface area (Å²) < 4.78 is 6.51. The highest BCUT2D eigenvalue weighted by molar-refractivity contribution is 9.10. The van der Waals surface area contributed by atoms with E-state index < -0.39 is 4.92 Å². The van der Waals surface area contributed by atoms with Crippen LogP contribution in [0.1, 0.15) is 42.2 Å². The van der Waals surface area contributed by atoms with Crippen LogP contribution in [0.5, 0.6) is 0 Å². The molecular weight excluding hydrogens is 372 g/mol. The van der Waals surface area contributed by atoms with Crippen molar-refractivity contribution in [1.29, 1.82) is 0 Å². The van der Waals surface area contributed by atoms with Crippen LogP contribution >= 0.6 is 15.9 Å². The Bertz CT molecular complexity index is 1010. The quantitative estimate of drug-likeness (QED) is 0.430. The zero-order chi connectivity index (χ0) is 16.4. The smallest absolute Gasteiger partial charge is 0.399 e. The van der Waals surface area contributed by atoms with Crippen molar-refractivity contribution in [2.24, 2.45) is 0 Å². The van der Waals surface area contributed by atoms with Gasteiger partial charge in [-0.1, -0.05) is 15.9 Å². The van der Waals surface area contributed by atoms with Gasteiger partial charge < -0.3 is 4.42 Å². The molecule has 0 N–H and O–H groups in total. The second kappa shape index (κ2) is 4.89. The maximum Gasteiger partial charge on any atom is 0.433 e. The van der Waals surface area contributed by atoms with Gasteiger partial charge in [0.05, 0.1) is 11.6 Å². The fourth-order valence-electron chi connectivity index (χ4n) is 4.37. The van der Waals surface area contributed by atoms with Crippen molar-refractivity contribution in [3.05, 3.63) is 56.0 Å². The molecule has 0 amide bonds. The lowest BCUT2D eigenvalue weighted by atomic mass is 9.87. The molecule has 6 heteroatoms. The molecule has 3 aromatic rings. The lowest BCUT2D eigenvalue weighted by molar-refractivity contribution is -0.401. The second-order valence-electron chi connectivity index (χ2n) is 6.55. The molecule has 2 aliphatic carbocycles. The van der Waals surface area contributed by atoms with Crippen LogP contribution in [-0.4, -0.2) is 9.91 Å². The normalized spacial score (nSPS) is 21.4. The molecule has 5 rings (SSSR count). The Balaban J connectivity index is 1.82. The third kappa shape index (κ3) is 1.89. The van der Waals surface area contributed by atoms with Crippen LogP contribution in [0, 0.1) is 10.1 Å². The molecule has 1 aromatic carbocycles. The molecule has 2 heterocycles. The Hall–Kier alpha value is -2.21. The van der Waals surface area contributed by atoms with Gasteiger partial charge in [-0.15, -0.1) is 0 Å². The SMILES string of the molecule is O=[N+]([O-])c1ccc(-c2nc3ccc(Br)cc3c3c2C2CCC3C2)o1. The molecule has 2 atom stereocenters. The first-order chi connectivity index (χ1) is 11.6. The van der Waals surface area contributed by atoms with Crippen molar-refractivity contribution in [2.75, 3.05) is 0 Å². The first kappa shape index (κ1) is 14.2. The minimum atomic E-state index is -0.506. The highest BCUT2D eigenvalue weighted by atomic mass is 79.9. The Morgan fingerprint density at radius 2 is 1.96 bits per heavy atom. The summed E-state index contributed by atoms with van der Waals surface area (Å²) >= 11 is 3.56. The molecule has 120 valence electrons. The van der Waals surface area contributed by atoms with Gasteiger partial charge in [-0.2, -0.15) is 0 Å². The third-order valence-corrected chi connectivity index (χ3v) is 5.77. The van der Waals surface area contributed by atoms with Crippen molar-refractivity contribution in [3.63, 3.8) is 0 Å². The van der Waals surface area contributed by atoms with Crippen LogP contribution in [0.25, 0.3) is 22.4 Å². The van der Waals surface area contributed by atoms with Crippen LogP contribution in [0.3, 0.4) is 0 Å². The summed E-state index contributed by atoms with van der Waals surface area (Å²) in [4.78, 5) is 15.2. The van der Waals surface area contributed by atoms with Crippen LogP contribution in [0.15, 0.2) is 39.2 Å². The predicted molar refractivity (Wildman–Crippen MR) is 93.1 cm³/mol. The number of halogens is 1. The number of nitro groups is 1. The van der Waals surface area contributed by atoms with E-state index in [1.807, 2.05) is 12.1 Å². The lowest BCUT2D eigenvalue weighted by Crippen LogP contribution is -2.04. The molecule has 0 saturated heterocycles. The molecule has 2 aromatic heterocycles. The molecule has 0 radical (unpaired) electrons. The summed E-state index contributed by atoms with van der Waals surface area (Å²) in [7, 11) is 0. The van der Waals surface area contributed by atoms with Crippen molar-refractivity contribution in [2.45, 2.75) is 31.1 Å². The monoisotopic (exact) mass is 384 g/mol. The summed E-state index contributed by atoms with van der Waals surface area (Å²) in [6, 6.07) is 9.17. The summed E-state index contributed by atoms with van der Waals surface area (Å²) in [6.45, 7) is 0. The van der Waals surface area contributed by atoms with Crippen molar-refractivity contribution in [3.8, 4) is 11.5 Å². The van der Waals surface area contributed by atoms with E-state index in [1.165, 1.54) is 29.0 Å². The molecule has 2 unspecified atom stereocenters. The van der Waals surface area contributed by atoms with E-state index in [1.54, 1.807) is 6.07 Å². The van der Waals surface area contributed by atoms with Gasteiger partial charge in [0.1, 0.15) is 10.6 Å². The van der Waals surface area contributed by atoms with E-state index in [0.29, 0.717) is 17.6 Å². The van der Waals surface area contributed by atoms with E-state index in [4.69, 9.17) is 9.40 Å². The Morgan fingerprint density at radius 1 is 1.17 bits per heavy atom. The van der Waals surface area contributed by atoms with Gasteiger partial charge in [0.25, 0.3) is 0 Å². The number of fused-ring (bicyclic) bond motifs is 7. The lowest BCUT2D eigenvalue weighted by Gasteiger charge is -2.20. The first-order valence-corrected chi connectivity index (χ1v) is 8.79. The number of rotatable bonds is 2. The summed E-state index contributed by atoms with van der Waals surface area (Å²) in [5.74, 6) is 1.31. The van der Waals surface area contributed by atoms with Crippen LogP contribution in [0.2, 0.25) is 0 Å². The van der Waals surface area contributed by atoms with E-state index in [0.717, 1.165) is 28.5 Å². The molecule has 2 bridgehead atoms. The van der Waals surface area contributed by atoms with Crippen molar-refractivity contribution in [1.82, 2.24) is 4.98 Å². The number of pyridine rings is 1. The van der Waals surface area contributed by atoms with Crippen LogP contribution in [-0.2, 0) is 0 Å². The zero-order valence-electron chi connectivity index (χ0n) is 12.7. The third-order valence-electron chi connectivity index (χ3n) is 5.28. The predicted octanol–water partition coefficient (Wildman–Crippen LogP) is 5.53. The number of aromatic nitrogens is 1. The highest BCUT2D eigenvalue weighted by Crippen LogP contribution is 2.57. The number of benzene rings is 1. The van der Waals surface area contributed by atoms with Gasteiger partial charge in [-0.05, 0) is 66.5 Å².